The number of ether oxygens (including phenoxy) is 3. The molecule has 0 rings (SSSR count). The van der Waals surface area contributed by atoms with E-state index in [-0.39, 0.29) is 19.8 Å². The van der Waals surface area contributed by atoms with Gasteiger partial charge in [0.1, 0.15) is 6.61 Å². The van der Waals surface area contributed by atoms with Crippen molar-refractivity contribution in [3.8, 4) is 0 Å². The third-order valence-corrected chi connectivity index (χ3v) is 1.43. The third kappa shape index (κ3) is 7.07. The van der Waals surface area contributed by atoms with E-state index in [1.54, 1.807) is 13.8 Å². The average Bonchev–Trinajstić information content (AvgIpc) is 2.18. The van der Waals surface area contributed by atoms with E-state index in [1.807, 2.05) is 0 Å². The Labute approximate surface area is 89.6 Å². The Morgan fingerprint density at radius 2 is 2.20 bits per heavy atom. The van der Waals surface area contributed by atoms with Crippen LogP contribution in [0.3, 0.4) is 0 Å². The predicted octanol–water partition coefficient (Wildman–Crippen LogP) is 0.477. The first kappa shape index (κ1) is 14.1. The molecule has 0 fully saturated rings. The van der Waals surface area contributed by atoms with Crippen molar-refractivity contribution in [2.45, 2.75) is 20.1 Å². The van der Waals surface area contributed by atoms with E-state index in [4.69, 9.17) is 19.3 Å². The number of aliphatic hydroxyl groups is 1. The van der Waals surface area contributed by atoms with Crippen LogP contribution in [-0.4, -0.2) is 43.8 Å². The van der Waals surface area contributed by atoms with E-state index in [0.29, 0.717) is 12.2 Å². The highest BCUT2D eigenvalue weighted by atomic mass is 16.7. The van der Waals surface area contributed by atoms with Gasteiger partial charge in [0, 0.05) is 12.2 Å². The molecule has 0 aromatic carbocycles. The van der Waals surface area contributed by atoms with Crippen molar-refractivity contribution in [2.24, 2.45) is 0 Å². The van der Waals surface area contributed by atoms with Crippen molar-refractivity contribution in [3.05, 3.63) is 12.2 Å². The third-order valence-electron chi connectivity index (χ3n) is 1.43. The van der Waals surface area contributed by atoms with Gasteiger partial charge in [0.15, 0.2) is 0 Å². The van der Waals surface area contributed by atoms with Crippen LogP contribution in [0.2, 0.25) is 0 Å². The molecule has 0 aliphatic heterocycles. The Kier molecular flexibility index (Phi) is 7.89. The Morgan fingerprint density at radius 1 is 1.53 bits per heavy atom. The lowest BCUT2D eigenvalue weighted by molar-refractivity contribution is -0.186. The maximum absolute atomic E-state index is 11.2. The van der Waals surface area contributed by atoms with Crippen LogP contribution in [0.4, 0.5) is 0 Å². The molecule has 1 atom stereocenters. The maximum atomic E-state index is 11.2. The molecule has 0 radical (unpaired) electrons. The molecule has 88 valence electrons. The fraction of sp³-hybridized carbons (Fsp3) is 0.700. The minimum Gasteiger partial charge on any atom is -0.430 e. The molecule has 1 N–H and O–H groups in total. The largest absolute Gasteiger partial charge is 0.430 e. The number of carbonyl (C=O) groups is 1. The summed E-state index contributed by atoms with van der Waals surface area (Å²) in [6.45, 7) is 7.43. The van der Waals surface area contributed by atoms with Crippen LogP contribution in [0.5, 0.6) is 0 Å². The standard InChI is InChI=1S/C10H18O5/c1-4-14-9(7-13-6-5-11)15-10(12)8(2)3/h9,11H,2,4-7H2,1,3H3. The maximum Gasteiger partial charge on any atom is 0.335 e. The number of hydrogen-bond donors (Lipinski definition) is 1. The number of esters is 1. The second-order valence-corrected chi connectivity index (χ2v) is 2.87. The fourth-order valence-corrected chi connectivity index (χ4v) is 0.766. The second kappa shape index (κ2) is 8.40. The SMILES string of the molecule is C=C(C)C(=O)OC(COCCO)OCC. The molecule has 0 spiro atoms. The highest BCUT2D eigenvalue weighted by molar-refractivity contribution is 5.87. The van der Waals surface area contributed by atoms with Gasteiger partial charge in [-0.25, -0.2) is 4.79 Å². The normalized spacial score (nSPS) is 12.2. The first-order chi connectivity index (χ1) is 7.11. The second-order valence-electron chi connectivity index (χ2n) is 2.87. The lowest BCUT2D eigenvalue weighted by Gasteiger charge is -2.17. The zero-order valence-corrected chi connectivity index (χ0v) is 9.19. The summed E-state index contributed by atoms with van der Waals surface area (Å²) in [7, 11) is 0. The zero-order chi connectivity index (χ0) is 11.7. The van der Waals surface area contributed by atoms with Crippen LogP contribution >= 0.6 is 0 Å². The molecule has 0 aliphatic rings. The molecule has 0 aromatic rings. The van der Waals surface area contributed by atoms with Gasteiger partial charge in [-0.3, -0.25) is 0 Å². The van der Waals surface area contributed by atoms with Crippen molar-refractivity contribution < 1.29 is 24.1 Å². The van der Waals surface area contributed by atoms with Gasteiger partial charge in [0.2, 0.25) is 6.29 Å². The smallest absolute Gasteiger partial charge is 0.335 e. The van der Waals surface area contributed by atoms with Crippen LogP contribution in [0.1, 0.15) is 13.8 Å². The van der Waals surface area contributed by atoms with Crippen LogP contribution in [0.15, 0.2) is 12.2 Å². The van der Waals surface area contributed by atoms with Crippen molar-refractivity contribution >= 4 is 5.97 Å². The molecule has 0 bridgehead atoms. The van der Waals surface area contributed by atoms with E-state index >= 15 is 0 Å². The fourth-order valence-electron chi connectivity index (χ4n) is 0.766. The van der Waals surface area contributed by atoms with Gasteiger partial charge >= 0.3 is 5.97 Å². The molecular formula is C10H18O5. The minimum atomic E-state index is -0.745. The summed E-state index contributed by atoms with van der Waals surface area (Å²) in [4.78, 5) is 11.2. The van der Waals surface area contributed by atoms with Crippen LogP contribution < -0.4 is 0 Å². The van der Waals surface area contributed by atoms with Gasteiger partial charge in [-0.05, 0) is 13.8 Å². The minimum absolute atomic E-state index is 0.0761. The van der Waals surface area contributed by atoms with E-state index in [9.17, 15) is 4.79 Å². The van der Waals surface area contributed by atoms with Gasteiger partial charge in [0.05, 0.1) is 13.2 Å². The molecule has 0 aliphatic carbocycles. The van der Waals surface area contributed by atoms with Gasteiger partial charge in [0.25, 0.3) is 0 Å². The predicted molar refractivity (Wildman–Crippen MR) is 54.2 cm³/mol. The summed E-state index contributed by atoms with van der Waals surface area (Å²) < 4.78 is 15.0. The van der Waals surface area contributed by atoms with Crippen molar-refractivity contribution in [2.75, 3.05) is 26.4 Å². The highest BCUT2D eigenvalue weighted by Crippen LogP contribution is 2.01. The molecule has 0 amide bonds. The first-order valence-electron chi connectivity index (χ1n) is 4.78. The van der Waals surface area contributed by atoms with Crippen LogP contribution in [0.25, 0.3) is 0 Å². The zero-order valence-electron chi connectivity index (χ0n) is 9.19. The lowest BCUT2D eigenvalue weighted by atomic mass is 10.4. The lowest BCUT2D eigenvalue weighted by Crippen LogP contribution is -2.27. The molecular weight excluding hydrogens is 200 g/mol. The number of hydrogen-bond acceptors (Lipinski definition) is 5. The molecule has 0 aromatic heterocycles. The summed E-state index contributed by atoms with van der Waals surface area (Å²) in [5.41, 5.74) is 0.307. The van der Waals surface area contributed by atoms with Gasteiger partial charge in [-0.15, -0.1) is 0 Å². The summed E-state index contributed by atoms with van der Waals surface area (Å²) in [5, 5.41) is 8.49. The van der Waals surface area contributed by atoms with Crippen molar-refractivity contribution in [3.63, 3.8) is 0 Å². The molecule has 0 saturated heterocycles. The molecule has 5 heteroatoms. The average molecular weight is 218 g/mol. The molecule has 0 heterocycles. The molecule has 15 heavy (non-hydrogen) atoms. The van der Waals surface area contributed by atoms with E-state index < -0.39 is 12.3 Å². The Hall–Kier alpha value is -0.910. The first-order valence-corrected chi connectivity index (χ1v) is 4.78. The van der Waals surface area contributed by atoms with Gasteiger partial charge in [-0.1, -0.05) is 6.58 Å². The van der Waals surface area contributed by atoms with Gasteiger partial charge < -0.3 is 19.3 Å². The van der Waals surface area contributed by atoms with Crippen LogP contribution in [-0.2, 0) is 19.0 Å². The Morgan fingerprint density at radius 3 is 2.67 bits per heavy atom. The van der Waals surface area contributed by atoms with E-state index in [2.05, 4.69) is 6.58 Å². The number of carbonyl (C=O) groups excluding carboxylic acids is 1. The summed E-state index contributed by atoms with van der Waals surface area (Å²) in [6.07, 6.45) is -0.745. The summed E-state index contributed by atoms with van der Waals surface area (Å²) in [6, 6.07) is 0. The number of aliphatic hydroxyl groups excluding tert-OH is 1. The Bertz CT molecular complexity index is 202. The Balaban J connectivity index is 3.91. The topological polar surface area (TPSA) is 65.0 Å². The van der Waals surface area contributed by atoms with E-state index in [0.717, 1.165) is 0 Å². The van der Waals surface area contributed by atoms with Crippen molar-refractivity contribution in [1.29, 1.82) is 0 Å². The molecule has 1 unspecified atom stereocenters. The quantitative estimate of drug-likeness (QED) is 0.278. The van der Waals surface area contributed by atoms with Crippen LogP contribution in [0, 0.1) is 0 Å². The van der Waals surface area contributed by atoms with Gasteiger partial charge in [-0.2, -0.15) is 0 Å². The number of rotatable bonds is 8. The summed E-state index contributed by atoms with van der Waals surface area (Å²) >= 11 is 0. The highest BCUT2D eigenvalue weighted by Gasteiger charge is 2.14. The van der Waals surface area contributed by atoms with E-state index in [1.165, 1.54) is 0 Å². The molecule has 0 saturated carbocycles. The summed E-state index contributed by atoms with van der Waals surface area (Å²) in [5.74, 6) is -0.513. The molecule has 5 nitrogen and oxygen atoms in total. The monoisotopic (exact) mass is 218 g/mol. The van der Waals surface area contributed by atoms with Crippen molar-refractivity contribution in [1.82, 2.24) is 0 Å².